The molecular weight excluding hydrogens is 388 g/mol. The van der Waals surface area contributed by atoms with E-state index >= 15 is 0 Å². The summed E-state index contributed by atoms with van der Waals surface area (Å²) in [4.78, 5) is 19.0. The second-order valence-corrected chi connectivity index (χ2v) is 6.77. The number of carbonyl (C=O) groups excluding carboxylic acids is 1. The van der Waals surface area contributed by atoms with E-state index in [9.17, 15) is 13.6 Å². The highest BCUT2D eigenvalue weighted by Crippen LogP contribution is 2.32. The van der Waals surface area contributed by atoms with Gasteiger partial charge in [-0.15, -0.1) is 0 Å². The molecule has 1 N–H and O–H groups in total. The molecule has 0 bridgehead atoms. The van der Waals surface area contributed by atoms with E-state index in [4.69, 9.17) is 16.3 Å². The summed E-state index contributed by atoms with van der Waals surface area (Å²) < 4.78 is 32.7. The highest BCUT2D eigenvalue weighted by Gasteiger charge is 2.23. The lowest BCUT2D eigenvalue weighted by atomic mass is 10.1. The van der Waals surface area contributed by atoms with E-state index in [0.29, 0.717) is 54.1 Å². The van der Waals surface area contributed by atoms with Crippen LogP contribution in [0.25, 0.3) is 10.9 Å². The van der Waals surface area contributed by atoms with Crippen molar-refractivity contribution in [3.8, 4) is 0 Å². The van der Waals surface area contributed by atoms with E-state index in [1.54, 1.807) is 4.90 Å². The molecule has 0 aliphatic carbocycles. The molecule has 1 amide bonds. The van der Waals surface area contributed by atoms with Crippen molar-refractivity contribution in [2.24, 2.45) is 0 Å². The van der Waals surface area contributed by atoms with Crippen molar-refractivity contribution in [3.05, 3.63) is 64.8 Å². The Morgan fingerprint density at radius 1 is 1.14 bits per heavy atom. The van der Waals surface area contributed by atoms with Crippen molar-refractivity contribution in [3.63, 3.8) is 0 Å². The molecule has 28 heavy (non-hydrogen) atoms. The summed E-state index contributed by atoms with van der Waals surface area (Å²) in [5, 5.41) is 3.48. The standard InChI is InChI=1S/C20H16ClF2N3O2/c21-16-10-13(2-3-17(16)23)25-19-14-9-12(22)1-4-18(14)24-11-15(19)20(27)26-5-7-28-8-6-26/h1-4,9-11H,5-8H2,(H,24,25). The van der Waals surface area contributed by atoms with Gasteiger partial charge < -0.3 is 15.0 Å². The Balaban J connectivity index is 1.83. The molecule has 1 aromatic heterocycles. The molecule has 1 aliphatic heterocycles. The quantitative estimate of drug-likeness (QED) is 0.705. The zero-order valence-electron chi connectivity index (χ0n) is 14.7. The third-order valence-corrected chi connectivity index (χ3v) is 4.84. The van der Waals surface area contributed by atoms with E-state index in [2.05, 4.69) is 10.3 Å². The Hall–Kier alpha value is -2.77. The summed E-state index contributed by atoms with van der Waals surface area (Å²) in [6.07, 6.45) is 1.46. The van der Waals surface area contributed by atoms with Crippen molar-refractivity contribution < 1.29 is 18.3 Å². The van der Waals surface area contributed by atoms with Crippen LogP contribution in [0.15, 0.2) is 42.6 Å². The lowest BCUT2D eigenvalue weighted by molar-refractivity contribution is 0.0303. The van der Waals surface area contributed by atoms with E-state index in [1.165, 1.54) is 42.6 Å². The maximum Gasteiger partial charge on any atom is 0.257 e. The number of ether oxygens (including phenoxy) is 1. The smallest absolute Gasteiger partial charge is 0.257 e. The maximum atomic E-state index is 13.9. The Morgan fingerprint density at radius 3 is 2.68 bits per heavy atom. The predicted octanol–water partition coefficient (Wildman–Crippen LogP) is 4.38. The number of nitrogens with one attached hydrogen (secondary N) is 1. The first-order valence-electron chi connectivity index (χ1n) is 8.70. The summed E-state index contributed by atoms with van der Waals surface area (Å²) in [7, 11) is 0. The normalized spacial score (nSPS) is 14.3. The van der Waals surface area contributed by atoms with Gasteiger partial charge in [-0.3, -0.25) is 9.78 Å². The minimum atomic E-state index is -0.553. The molecule has 5 nitrogen and oxygen atoms in total. The first-order valence-corrected chi connectivity index (χ1v) is 9.08. The molecule has 0 radical (unpaired) electrons. The average molecular weight is 404 g/mol. The zero-order valence-corrected chi connectivity index (χ0v) is 15.5. The number of fused-ring (bicyclic) bond motifs is 1. The number of nitrogens with zero attached hydrogens (tertiary/aromatic N) is 2. The van der Waals surface area contributed by atoms with Crippen molar-refractivity contribution in [2.45, 2.75) is 0 Å². The molecule has 3 aromatic rings. The highest BCUT2D eigenvalue weighted by molar-refractivity contribution is 6.31. The van der Waals surface area contributed by atoms with Crippen molar-refractivity contribution in [1.29, 1.82) is 0 Å². The van der Waals surface area contributed by atoms with E-state index in [1.807, 2.05) is 0 Å². The number of hydrogen-bond acceptors (Lipinski definition) is 4. The highest BCUT2D eigenvalue weighted by atomic mass is 35.5. The van der Waals surface area contributed by atoms with Crippen LogP contribution < -0.4 is 5.32 Å². The third kappa shape index (κ3) is 3.63. The number of carbonyl (C=O) groups is 1. The van der Waals surface area contributed by atoms with Gasteiger partial charge in [0.05, 0.1) is 35.0 Å². The van der Waals surface area contributed by atoms with Gasteiger partial charge in [-0.1, -0.05) is 11.6 Å². The van der Waals surface area contributed by atoms with Gasteiger partial charge in [0.15, 0.2) is 0 Å². The topological polar surface area (TPSA) is 54.5 Å². The van der Waals surface area contributed by atoms with Crippen LogP contribution in [0.1, 0.15) is 10.4 Å². The predicted molar refractivity (Wildman–Crippen MR) is 103 cm³/mol. The van der Waals surface area contributed by atoms with Crippen LogP contribution in [0.4, 0.5) is 20.2 Å². The minimum Gasteiger partial charge on any atom is -0.378 e. The Bertz CT molecular complexity index is 1060. The number of hydrogen-bond donors (Lipinski definition) is 1. The monoisotopic (exact) mass is 403 g/mol. The zero-order chi connectivity index (χ0) is 19.7. The number of anilines is 2. The SMILES string of the molecule is O=C(c1cnc2ccc(F)cc2c1Nc1ccc(F)c(Cl)c1)N1CCOCC1. The Labute approximate surface area is 164 Å². The van der Waals surface area contributed by atoms with Gasteiger partial charge in [-0.25, -0.2) is 8.78 Å². The van der Waals surface area contributed by atoms with Crippen LogP contribution in [0.5, 0.6) is 0 Å². The van der Waals surface area contributed by atoms with Crippen molar-refractivity contribution in [1.82, 2.24) is 9.88 Å². The summed E-state index contributed by atoms with van der Waals surface area (Å²) in [5.74, 6) is -1.24. The Kier molecular flexibility index (Phi) is 5.11. The van der Waals surface area contributed by atoms with Crippen LogP contribution in [0.3, 0.4) is 0 Å². The fraction of sp³-hybridized carbons (Fsp3) is 0.200. The largest absolute Gasteiger partial charge is 0.378 e. The van der Waals surface area contributed by atoms with Crippen molar-refractivity contribution >= 4 is 39.8 Å². The fourth-order valence-corrected chi connectivity index (χ4v) is 3.30. The lowest BCUT2D eigenvalue weighted by Crippen LogP contribution is -2.41. The second-order valence-electron chi connectivity index (χ2n) is 6.37. The summed E-state index contributed by atoms with van der Waals surface area (Å²) in [6.45, 7) is 1.83. The summed E-state index contributed by atoms with van der Waals surface area (Å²) in [5.41, 5.74) is 1.68. The number of benzene rings is 2. The molecule has 8 heteroatoms. The van der Waals surface area contributed by atoms with Gasteiger partial charge in [-0.2, -0.15) is 0 Å². The molecular formula is C20H16ClF2N3O2. The average Bonchev–Trinajstić information content (AvgIpc) is 2.71. The molecule has 144 valence electrons. The van der Waals surface area contributed by atoms with Crippen LogP contribution in [0.2, 0.25) is 5.02 Å². The lowest BCUT2D eigenvalue weighted by Gasteiger charge is -2.28. The number of morpholine rings is 1. The molecule has 2 heterocycles. The van der Waals surface area contributed by atoms with Gasteiger partial charge in [0, 0.05) is 30.4 Å². The molecule has 0 spiro atoms. The number of rotatable bonds is 3. The molecule has 4 rings (SSSR count). The number of amides is 1. The summed E-state index contributed by atoms with van der Waals surface area (Å²) >= 11 is 5.87. The first kappa shape index (κ1) is 18.6. The molecule has 1 aliphatic rings. The van der Waals surface area contributed by atoms with Crippen LogP contribution in [-0.2, 0) is 4.74 Å². The number of halogens is 3. The van der Waals surface area contributed by atoms with E-state index < -0.39 is 11.6 Å². The molecule has 0 unspecified atom stereocenters. The van der Waals surface area contributed by atoms with Crippen LogP contribution >= 0.6 is 11.6 Å². The molecule has 1 saturated heterocycles. The minimum absolute atomic E-state index is 0.0596. The van der Waals surface area contributed by atoms with Gasteiger partial charge in [0.2, 0.25) is 0 Å². The van der Waals surface area contributed by atoms with E-state index in [0.717, 1.165) is 0 Å². The molecule has 0 atom stereocenters. The van der Waals surface area contributed by atoms with Crippen LogP contribution in [-0.4, -0.2) is 42.1 Å². The number of pyridine rings is 1. The fourth-order valence-electron chi connectivity index (χ4n) is 3.12. The maximum absolute atomic E-state index is 13.9. The van der Waals surface area contributed by atoms with Gasteiger partial charge in [-0.05, 0) is 36.4 Å². The van der Waals surface area contributed by atoms with Gasteiger partial charge in [0.1, 0.15) is 11.6 Å². The van der Waals surface area contributed by atoms with Crippen molar-refractivity contribution in [2.75, 3.05) is 31.6 Å². The van der Waals surface area contributed by atoms with Crippen LogP contribution in [0, 0.1) is 11.6 Å². The first-order chi connectivity index (χ1) is 13.5. The summed E-state index contributed by atoms with van der Waals surface area (Å²) in [6, 6.07) is 8.28. The molecule has 2 aromatic carbocycles. The molecule has 0 saturated carbocycles. The number of aromatic nitrogens is 1. The van der Waals surface area contributed by atoms with E-state index in [-0.39, 0.29) is 10.9 Å². The molecule has 1 fully saturated rings. The third-order valence-electron chi connectivity index (χ3n) is 4.55. The van der Waals surface area contributed by atoms with Gasteiger partial charge in [0.25, 0.3) is 5.91 Å². The van der Waals surface area contributed by atoms with Gasteiger partial charge >= 0.3 is 0 Å². The second kappa shape index (κ2) is 7.69. The Morgan fingerprint density at radius 2 is 1.93 bits per heavy atom.